The van der Waals surface area contributed by atoms with Gasteiger partial charge in [0.2, 0.25) is 5.95 Å². The highest BCUT2D eigenvalue weighted by molar-refractivity contribution is 6.34. The summed E-state index contributed by atoms with van der Waals surface area (Å²) in [5.74, 6) is -1.08. The number of imidazole rings is 2. The number of anilines is 1. The number of benzene rings is 2. The minimum atomic E-state index is -0.808. The van der Waals surface area contributed by atoms with Crippen molar-refractivity contribution in [1.82, 2.24) is 19.5 Å². The third kappa shape index (κ3) is 3.02. The molecule has 8 nitrogen and oxygen atoms in total. The number of nitrogens with one attached hydrogen (secondary N) is 2. The molecule has 134 valence electrons. The standard InChI is InChI=1S/C18H13ClN6O2/c19-10-5-1-2-6-11(10)22-17(27)14-15(16(20)26)25(9-21-14)18-23-12-7-3-4-8-13(12)24-18/h1-9H,(H2,20,26)(H,22,27)(H,23,24). The summed E-state index contributed by atoms with van der Waals surface area (Å²) < 4.78 is 1.35. The first-order chi connectivity index (χ1) is 13.0. The summed E-state index contributed by atoms with van der Waals surface area (Å²) in [6.45, 7) is 0. The van der Waals surface area contributed by atoms with Crippen molar-refractivity contribution in [1.29, 1.82) is 0 Å². The number of aromatic amines is 1. The largest absolute Gasteiger partial charge is 0.364 e. The molecule has 2 heterocycles. The van der Waals surface area contributed by atoms with E-state index in [0.717, 1.165) is 5.52 Å². The summed E-state index contributed by atoms with van der Waals surface area (Å²) >= 11 is 6.06. The highest BCUT2D eigenvalue weighted by atomic mass is 35.5. The SMILES string of the molecule is NC(=O)c1c(C(=O)Nc2ccccc2Cl)ncn1-c1nc2ccccc2[nH]1. The molecule has 0 atom stereocenters. The van der Waals surface area contributed by atoms with Crippen molar-refractivity contribution < 1.29 is 9.59 Å². The Morgan fingerprint density at radius 2 is 1.85 bits per heavy atom. The van der Waals surface area contributed by atoms with E-state index in [2.05, 4.69) is 20.3 Å². The molecule has 9 heteroatoms. The van der Waals surface area contributed by atoms with Gasteiger partial charge in [-0.3, -0.25) is 14.2 Å². The van der Waals surface area contributed by atoms with E-state index in [1.165, 1.54) is 10.9 Å². The molecule has 0 fully saturated rings. The molecule has 0 bridgehead atoms. The van der Waals surface area contributed by atoms with Crippen LogP contribution in [0.2, 0.25) is 5.02 Å². The van der Waals surface area contributed by atoms with E-state index in [1.807, 2.05) is 24.3 Å². The van der Waals surface area contributed by atoms with E-state index in [0.29, 0.717) is 22.2 Å². The second kappa shape index (κ2) is 6.58. The Morgan fingerprint density at radius 3 is 2.59 bits per heavy atom. The zero-order valence-electron chi connectivity index (χ0n) is 13.8. The first-order valence-electron chi connectivity index (χ1n) is 7.93. The van der Waals surface area contributed by atoms with E-state index < -0.39 is 11.8 Å². The molecule has 0 radical (unpaired) electrons. The lowest BCUT2D eigenvalue weighted by Gasteiger charge is -2.07. The van der Waals surface area contributed by atoms with Crippen molar-refractivity contribution in [2.45, 2.75) is 0 Å². The van der Waals surface area contributed by atoms with E-state index in [1.54, 1.807) is 24.3 Å². The van der Waals surface area contributed by atoms with Crippen LogP contribution in [0.25, 0.3) is 17.0 Å². The van der Waals surface area contributed by atoms with Crippen molar-refractivity contribution in [2.24, 2.45) is 5.73 Å². The number of rotatable bonds is 4. The van der Waals surface area contributed by atoms with Gasteiger partial charge < -0.3 is 16.0 Å². The van der Waals surface area contributed by atoms with Gasteiger partial charge in [-0.1, -0.05) is 35.9 Å². The van der Waals surface area contributed by atoms with Crippen LogP contribution in [0.1, 0.15) is 21.0 Å². The first kappa shape index (κ1) is 16.8. The molecule has 0 aliphatic heterocycles. The van der Waals surface area contributed by atoms with Crippen LogP contribution in [-0.2, 0) is 0 Å². The van der Waals surface area contributed by atoms with Gasteiger partial charge in [0.25, 0.3) is 11.8 Å². The Morgan fingerprint density at radius 1 is 1.11 bits per heavy atom. The number of H-pyrrole nitrogens is 1. The lowest BCUT2D eigenvalue weighted by Crippen LogP contribution is -2.23. The van der Waals surface area contributed by atoms with Gasteiger partial charge in [-0.05, 0) is 24.3 Å². The fourth-order valence-electron chi connectivity index (χ4n) is 2.71. The van der Waals surface area contributed by atoms with Crippen LogP contribution in [0.3, 0.4) is 0 Å². The lowest BCUT2D eigenvalue weighted by atomic mass is 10.2. The predicted molar refractivity (Wildman–Crippen MR) is 101 cm³/mol. The molecule has 0 saturated heterocycles. The fraction of sp³-hybridized carbons (Fsp3) is 0. The molecule has 2 amide bonds. The van der Waals surface area contributed by atoms with Crippen molar-refractivity contribution in [2.75, 3.05) is 5.32 Å². The van der Waals surface area contributed by atoms with Crippen molar-refractivity contribution in [3.8, 4) is 5.95 Å². The molecule has 0 unspecified atom stereocenters. The van der Waals surface area contributed by atoms with Crippen molar-refractivity contribution >= 4 is 40.1 Å². The lowest BCUT2D eigenvalue weighted by molar-refractivity contribution is 0.0970. The summed E-state index contributed by atoms with van der Waals surface area (Å²) in [6, 6.07) is 14.1. The zero-order valence-corrected chi connectivity index (χ0v) is 14.6. The van der Waals surface area contributed by atoms with Crippen LogP contribution in [0.15, 0.2) is 54.9 Å². The van der Waals surface area contributed by atoms with Crippen molar-refractivity contribution in [3.63, 3.8) is 0 Å². The average Bonchev–Trinajstić information content (AvgIpc) is 3.27. The van der Waals surface area contributed by atoms with Gasteiger partial charge in [0.15, 0.2) is 5.69 Å². The third-order valence-electron chi connectivity index (χ3n) is 3.94. The molecule has 0 spiro atoms. The Kier molecular flexibility index (Phi) is 4.09. The van der Waals surface area contributed by atoms with Crippen LogP contribution in [0.4, 0.5) is 5.69 Å². The Hall–Kier alpha value is -3.65. The summed E-state index contributed by atoms with van der Waals surface area (Å²) in [5.41, 5.74) is 7.18. The molecule has 27 heavy (non-hydrogen) atoms. The molecule has 0 aliphatic rings. The van der Waals surface area contributed by atoms with E-state index in [4.69, 9.17) is 17.3 Å². The van der Waals surface area contributed by atoms with Gasteiger partial charge in [0.05, 0.1) is 21.7 Å². The number of nitrogens with zero attached hydrogens (tertiary/aromatic N) is 3. The number of nitrogens with two attached hydrogens (primary N) is 1. The summed E-state index contributed by atoms with van der Waals surface area (Å²) in [5, 5.41) is 2.99. The number of halogens is 1. The van der Waals surface area contributed by atoms with E-state index >= 15 is 0 Å². The molecule has 2 aromatic heterocycles. The maximum atomic E-state index is 12.6. The topological polar surface area (TPSA) is 119 Å². The smallest absolute Gasteiger partial charge is 0.276 e. The first-order valence-corrected chi connectivity index (χ1v) is 8.30. The van der Waals surface area contributed by atoms with Crippen LogP contribution in [0.5, 0.6) is 0 Å². The monoisotopic (exact) mass is 380 g/mol. The van der Waals surface area contributed by atoms with Gasteiger partial charge in [0.1, 0.15) is 12.0 Å². The fourth-order valence-corrected chi connectivity index (χ4v) is 2.89. The minimum absolute atomic E-state index is 0.0846. The molecular formula is C18H13ClN6O2. The number of para-hydroxylation sites is 3. The number of amides is 2. The zero-order chi connectivity index (χ0) is 19.0. The van der Waals surface area contributed by atoms with Crippen LogP contribution in [0, 0.1) is 0 Å². The minimum Gasteiger partial charge on any atom is -0.364 e. The summed E-state index contributed by atoms with van der Waals surface area (Å²) in [6.07, 6.45) is 1.32. The Labute approximate surface area is 158 Å². The molecule has 4 aromatic rings. The highest BCUT2D eigenvalue weighted by Crippen LogP contribution is 2.22. The Balaban J connectivity index is 1.75. The van der Waals surface area contributed by atoms with E-state index in [-0.39, 0.29) is 11.4 Å². The predicted octanol–water partition coefficient (Wildman–Crippen LogP) is 2.75. The van der Waals surface area contributed by atoms with Crippen LogP contribution in [-0.4, -0.2) is 31.3 Å². The van der Waals surface area contributed by atoms with Crippen molar-refractivity contribution in [3.05, 3.63) is 71.3 Å². The van der Waals surface area contributed by atoms with Gasteiger partial charge in [-0.15, -0.1) is 0 Å². The summed E-state index contributed by atoms with van der Waals surface area (Å²) in [7, 11) is 0. The molecule has 4 N–H and O–H groups in total. The molecular weight excluding hydrogens is 368 g/mol. The molecule has 2 aromatic carbocycles. The normalized spacial score (nSPS) is 10.9. The van der Waals surface area contributed by atoms with Gasteiger partial charge in [-0.25, -0.2) is 9.97 Å². The number of hydrogen-bond donors (Lipinski definition) is 3. The number of carbonyl (C=O) groups excluding carboxylic acids is 2. The quantitative estimate of drug-likeness (QED) is 0.504. The second-order valence-electron chi connectivity index (χ2n) is 5.69. The number of aromatic nitrogens is 4. The maximum Gasteiger partial charge on any atom is 0.276 e. The number of hydrogen-bond acceptors (Lipinski definition) is 4. The second-order valence-corrected chi connectivity index (χ2v) is 6.09. The average molecular weight is 381 g/mol. The van der Waals surface area contributed by atoms with Gasteiger partial charge in [0, 0.05) is 0 Å². The highest BCUT2D eigenvalue weighted by Gasteiger charge is 2.24. The van der Waals surface area contributed by atoms with Gasteiger partial charge in [-0.2, -0.15) is 0 Å². The van der Waals surface area contributed by atoms with Crippen LogP contribution < -0.4 is 11.1 Å². The number of fused-ring (bicyclic) bond motifs is 1. The summed E-state index contributed by atoms with van der Waals surface area (Å²) in [4.78, 5) is 36.2. The van der Waals surface area contributed by atoms with Gasteiger partial charge >= 0.3 is 0 Å². The number of carbonyl (C=O) groups is 2. The third-order valence-corrected chi connectivity index (χ3v) is 4.27. The molecule has 4 rings (SSSR count). The molecule has 0 aliphatic carbocycles. The Bertz CT molecular complexity index is 1150. The van der Waals surface area contributed by atoms with Crippen LogP contribution >= 0.6 is 11.6 Å². The number of primary amides is 1. The van der Waals surface area contributed by atoms with E-state index in [9.17, 15) is 9.59 Å². The maximum absolute atomic E-state index is 12.6. The molecule has 0 saturated carbocycles.